The Hall–Kier alpha value is -1.39. The van der Waals surface area contributed by atoms with Crippen LogP contribution in [0.5, 0.6) is 0 Å². The van der Waals surface area contributed by atoms with Crippen molar-refractivity contribution >= 4 is 5.82 Å². The summed E-state index contributed by atoms with van der Waals surface area (Å²) in [6.45, 7) is 2.02. The summed E-state index contributed by atoms with van der Waals surface area (Å²) in [7, 11) is 0. The molecule has 4 heteroatoms. The summed E-state index contributed by atoms with van der Waals surface area (Å²) in [5, 5.41) is 0. The molecule has 98 valence electrons. The van der Waals surface area contributed by atoms with E-state index < -0.39 is 0 Å². The van der Waals surface area contributed by atoms with E-state index in [4.69, 9.17) is 11.6 Å². The maximum Gasteiger partial charge on any atom is 0.128 e. The summed E-state index contributed by atoms with van der Waals surface area (Å²) in [6, 6.07) is 2.12. The summed E-state index contributed by atoms with van der Waals surface area (Å²) in [6.07, 6.45) is 10.00. The van der Waals surface area contributed by atoms with Gasteiger partial charge in [0, 0.05) is 11.8 Å². The minimum atomic E-state index is 0.0572. The van der Waals surface area contributed by atoms with Crippen molar-refractivity contribution in [2.75, 3.05) is 5.73 Å². The second-order valence-corrected chi connectivity index (χ2v) is 5.02. The molecule has 4 nitrogen and oxygen atoms in total. The highest BCUT2D eigenvalue weighted by Crippen LogP contribution is 2.29. The van der Waals surface area contributed by atoms with Crippen LogP contribution in [0, 0.1) is 6.92 Å². The van der Waals surface area contributed by atoms with Crippen molar-refractivity contribution in [2.24, 2.45) is 5.84 Å². The summed E-state index contributed by atoms with van der Waals surface area (Å²) >= 11 is 0. The third-order valence-corrected chi connectivity index (χ3v) is 3.51. The molecule has 0 bridgehead atoms. The predicted molar refractivity (Wildman–Crippen MR) is 74.6 cm³/mol. The molecule has 0 saturated heterocycles. The van der Waals surface area contributed by atoms with Crippen molar-refractivity contribution in [1.29, 1.82) is 0 Å². The molecule has 1 unspecified atom stereocenters. The molecule has 0 spiro atoms. The monoisotopic (exact) mass is 246 g/mol. The zero-order chi connectivity index (χ0) is 13.0. The van der Waals surface area contributed by atoms with Gasteiger partial charge in [0.15, 0.2) is 0 Å². The molecule has 1 aromatic heterocycles. The number of hydrazine groups is 1. The van der Waals surface area contributed by atoms with Crippen LogP contribution in [0.3, 0.4) is 0 Å². The van der Waals surface area contributed by atoms with Gasteiger partial charge in [0.1, 0.15) is 5.82 Å². The lowest BCUT2D eigenvalue weighted by molar-refractivity contribution is 0.529. The number of allylic oxidation sites excluding steroid dienone is 1. The van der Waals surface area contributed by atoms with Gasteiger partial charge in [0.05, 0.1) is 6.04 Å². The number of nitrogen functional groups attached to an aromatic ring is 1. The van der Waals surface area contributed by atoms with Gasteiger partial charge in [-0.3, -0.25) is 11.3 Å². The Morgan fingerprint density at radius 2 is 2.28 bits per heavy atom. The summed E-state index contributed by atoms with van der Waals surface area (Å²) in [5.74, 6) is 6.25. The molecule has 5 N–H and O–H groups in total. The van der Waals surface area contributed by atoms with E-state index in [-0.39, 0.29) is 6.04 Å². The molecule has 1 aliphatic rings. The first-order chi connectivity index (χ1) is 8.70. The number of aryl methyl sites for hydroxylation is 1. The number of hydrogen-bond donors (Lipinski definition) is 3. The fraction of sp³-hybridized carbons (Fsp3) is 0.500. The van der Waals surface area contributed by atoms with Crippen molar-refractivity contribution in [3.8, 4) is 0 Å². The smallest absolute Gasteiger partial charge is 0.128 e. The van der Waals surface area contributed by atoms with Gasteiger partial charge >= 0.3 is 0 Å². The first-order valence-corrected chi connectivity index (χ1v) is 6.56. The van der Waals surface area contributed by atoms with E-state index in [0.717, 1.165) is 17.5 Å². The normalized spacial score (nSPS) is 17.3. The highest BCUT2D eigenvalue weighted by atomic mass is 15.2. The fourth-order valence-electron chi connectivity index (χ4n) is 2.49. The first kappa shape index (κ1) is 13.1. The van der Waals surface area contributed by atoms with Gasteiger partial charge in [0.2, 0.25) is 0 Å². The van der Waals surface area contributed by atoms with E-state index in [1.807, 2.05) is 6.92 Å². The molecule has 0 saturated carbocycles. The van der Waals surface area contributed by atoms with Crippen LogP contribution in [-0.4, -0.2) is 4.98 Å². The fourth-order valence-corrected chi connectivity index (χ4v) is 2.49. The van der Waals surface area contributed by atoms with Gasteiger partial charge in [-0.05, 0) is 50.7 Å². The Morgan fingerprint density at radius 1 is 1.44 bits per heavy atom. The van der Waals surface area contributed by atoms with Crippen LogP contribution < -0.4 is 17.0 Å². The van der Waals surface area contributed by atoms with E-state index in [0.29, 0.717) is 5.82 Å². The molecule has 0 aromatic carbocycles. The van der Waals surface area contributed by atoms with Crippen LogP contribution >= 0.6 is 0 Å². The third kappa shape index (κ3) is 3.09. The van der Waals surface area contributed by atoms with Gasteiger partial charge in [-0.1, -0.05) is 11.6 Å². The van der Waals surface area contributed by atoms with Crippen LogP contribution in [0.25, 0.3) is 0 Å². The standard InChI is InChI=1S/C14H22N4/c1-10-7-12(14(15)17-9-10)13(18-16)8-11-5-3-2-4-6-11/h5,7,9,13,18H,2-4,6,8,16H2,1H3,(H2,15,17). The van der Waals surface area contributed by atoms with E-state index in [2.05, 4.69) is 22.6 Å². The molecule has 0 fully saturated rings. The number of nitrogens with two attached hydrogens (primary N) is 2. The molecule has 2 rings (SSSR count). The Labute approximate surface area is 108 Å². The van der Waals surface area contributed by atoms with E-state index >= 15 is 0 Å². The number of aromatic nitrogens is 1. The van der Waals surface area contributed by atoms with Crippen LogP contribution in [0.2, 0.25) is 0 Å². The van der Waals surface area contributed by atoms with Crippen LogP contribution in [0.1, 0.15) is 49.3 Å². The lowest BCUT2D eigenvalue weighted by Gasteiger charge is -2.21. The van der Waals surface area contributed by atoms with Crippen LogP contribution in [0.15, 0.2) is 23.9 Å². The predicted octanol–water partition coefficient (Wildman–Crippen LogP) is 2.37. The van der Waals surface area contributed by atoms with E-state index in [1.54, 1.807) is 6.20 Å². The highest BCUT2D eigenvalue weighted by molar-refractivity contribution is 5.43. The Balaban J connectivity index is 2.17. The minimum Gasteiger partial charge on any atom is -0.383 e. The van der Waals surface area contributed by atoms with E-state index in [9.17, 15) is 0 Å². The largest absolute Gasteiger partial charge is 0.383 e. The van der Waals surface area contributed by atoms with E-state index in [1.165, 1.54) is 31.3 Å². The summed E-state index contributed by atoms with van der Waals surface area (Å²) < 4.78 is 0. The van der Waals surface area contributed by atoms with Crippen molar-refractivity contribution in [3.05, 3.63) is 35.0 Å². The maximum atomic E-state index is 5.94. The van der Waals surface area contributed by atoms with Crippen molar-refractivity contribution < 1.29 is 0 Å². The minimum absolute atomic E-state index is 0.0572. The Bertz CT molecular complexity index is 439. The number of rotatable bonds is 4. The van der Waals surface area contributed by atoms with Crippen LogP contribution in [-0.2, 0) is 0 Å². The first-order valence-electron chi connectivity index (χ1n) is 6.56. The molecule has 1 atom stereocenters. The molecule has 18 heavy (non-hydrogen) atoms. The van der Waals surface area contributed by atoms with Gasteiger partial charge < -0.3 is 5.73 Å². The highest BCUT2D eigenvalue weighted by Gasteiger charge is 2.16. The molecular formula is C14H22N4. The van der Waals surface area contributed by atoms with Crippen molar-refractivity contribution in [1.82, 2.24) is 10.4 Å². The number of anilines is 1. The lowest BCUT2D eigenvalue weighted by atomic mass is 9.91. The second-order valence-electron chi connectivity index (χ2n) is 5.02. The maximum absolute atomic E-state index is 5.94. The van der Waals surface area contributed by atoms with Gasteiger partial charge in [0.25, 0.3) is 0 Å². The number of nitrogens with one attached hydrogen (secondary N) is 1. The SMILES string of the molecule is Cc1cnc(N)c(C(CC2=CCCCC2)NN)c1. The summed E-state index contributed by atoms with van der Waals surface area (Å²) in [5.41, 5.74) is 12.4. The van der Waals surface area contributed by atoms with Gasteiger partial charge in [-0.15, -0.1) is 0 Å². The summed E-state index contributed by atoms with van der Waals surface area (Å²) in [4.78, 5) is 4.20. The molecular weight excluding hydrogens is 224 g/mol. The van der Waals surface area contributed by atoms with Gasteiger partial charge in [-0.2, -0.15) is 0 Å². The number of pyridine rings is 1. The number of hydrogen-bond acceptors (Lipinski definition) is 4. The molecule has 0 aliphatic heterocycles. The topological polar surface area (TPSA) is 77.0 Å². The lowest BCUT2D eigenvalue weighted by Crippen LogP contribution is -2.29. The quantitative estimate of drug-likeness (QED) is 0.433. The molecule has 0 amide bonds. The number of nitrogens with zero attached hydrogens (tertiary/aromatic N) is 1. The Kier molecular flexibility index (Phi) is 4.33. The van der Waals surface area contributed by atoms with Gasteiger partial charge in [-0.25, -0.2) is 4.98 Å². The zero-order valence-electron chi connectivity index (χ0n) is 10.9. The molecule has 0 radical (unpaired) electrons. The van der Waals surface area contributed by atoms with Crippen molar-refractivity contribution in [2.45, 2.75) is 45.1 Å². The molecule has 1 aromatic rings. The molecule has 1 aliphatic carbocycles. The zero-order valence-corrected chi connectivity index (χ0v) is 10.9. The van der Waals surface area contributed by atoms with Crippen molar-refractivity contribution in [3.63, 3.8) is 0 Å². The average Bonchev–Trinajstić information content (AvgIpc) is 2.40. The second kappa shape index (κ2) is 5.98. The third-order valence-electron chi connectivity index (χ3n) is 3.51. The molecule has 1 heterocycles. The average molecular weight is 246 g/mol. The Morgan fingerprint density at radius 3 is 2.94 bits per heavy atom. The van der Waals surface area contributed by atoms with Crippen LogP contribution in [0.4, 0.5) is 5.82 Å².